The van der Waals surface area contributed by atoms with Gasteiger partial charge in [-0.2, -0.15) is 5.10 Å². The van der Waals surface area contributed by atoms with Gasteiger partial charge in [-0.15, -0.1) is 0 Å². The molecular weight excluding hydrogens is 316 g/mol. The van der Waals surface area contributed by atoms with Crippen LogP contribution >= 0.6 is 0 Å². The fraction of sp³-hybridized carbons (Fsp3) is 0.421. The molecule has 0 unspecified atom stereocenters. The smallest absolute Gasteiger partial charge is 0.255 e. The summed E-state index contributed by atoms with van der Waals surface area (Å²) < 4.78 is 1.86. The number of carbonyl (C=O) groups excluding carboxylic acids is 2. The molecular formula is C19H22N4O2. The van der Waals surface area contributed by atoms with E-state index in [1.54, 1.807) is 24.2 Å². The van der Waals surface area contributed by atoms with Crippen molar-refractivity contribution in [3.05, 3.63) is 53.3 Å². The van der Waals surface area contributed by atoms with Crippen molar-refractivity contribution < 1.29 is 9.59 Å². The molecule has 2 amide bonds. The highest BCUT2D eigenvalue weighted by Crippen LogP contribution is 2.30. The highest BCUT2D eigenvalue weighted by atomic mass is 16.2. The molecule has 1 atom stereocenters. The van der Waals surface area contributed by atoms with E-state index in [1.807, 2.05) is 28.9 Å². The lowest BCUT2D eigenvalue weighted by molar-refractivity contribution is -0.133. The highest BCUT2D eigenvalue weighted by Gasteiger charge is 2.28. The van der Waals surface area contributed by atoms with Crippen LogP contribution in [-0.4, -0.2) is 32.5 Å². The second-order valence-corrected chi connectivity index (χ2v) is 6.95. The van der Waals surface area contributed by atoms with Gasteiger partial charge in [-0.3, -0.25) is 14.3 Å². The summed E-state index contributed by atoms with van der Waals surface area (Å²) in [6.45, 7) is 2.95. The number of fused-ring (bicyclic) bond motifs is 1. The topological polar surface area (TPSA) is 67.2 Å². The van der Waals surface area contributed by atoms with E-state index < -0.39 is 6.04 Å². The van der Waals surface area contributed by atoms with Gasteiger partial charge in [-0.05, 0) is 37.3 Å². The second-order valence-electron chi connectivity index (χ2n) is 6.95. The van der Waals surface area contributed by atoms with Gasteiger partial charge in [0.05, 0.1) is 17.8 Å². The van der Waals surface area contributed by atoms with Crippen LogP contribution in [0.5, 0.6) is 0 Å². The summed E-state index contributed by atoms with van der Waals surface area (Å²) in [6.07, 6.45) is 6.81. The number of nitrogens with one attached hydrogen (secondary N) is 1. The molecule has 0 saturated heterocycles. The zero-order valence-electron chi connectivity index (χ0n) is 14.3. The van der Waals surface area contributed by atoms with Gasteiger partial charge in [-0.1, -0.05) is 24.3 Å². The molecule has 6 heteroatoms. The van der Waals surface area contributed by atoms with Crippen molar-refractivity contribution in [2.24, 2.45) is 0 Å². The van der Waals surface area contributed by atoms with Gasteiger partial charge in [0, 0.05) is 19.3 Å². The number of aromatic nitrogens is 2. The zero-order valence-corrected chi connectivity index (χ0v) is 14.3. The van der Waals surface area contributed by atoms with Crippen LogP contribution in [0.25, 0.3) is 0 Å². The Morgan fingerprint density at radius 3 is 2.48 bits per heavy atom. The molecule has 0 bridgehead atoms. The predicted molar refractivity (Wildman–Crippen MR) is 92.7 cm³/mol. The fourth-order valence-electron chi connectivity index (χ4n) is 3.41. The third-order valence-electron chi connectivity index (χ3n) is 5.18. The molecule has 1 aliphatic carbocycles. The first-order valence-electron chi connectivity index (χ1n) is 8.82. The lowest BCUT2D eigenvalue weighted by Crippen LogP contribution is -2.45. The first-order valence-corrected chi connectivity index (χ1v) is 8.82. The van der Waals surface area contributed by atoms with Crippen molar-refractivity contribution in [2.45, 2.75) is 51.4 Å². The molecule has 25 heavy (non-hydrogen) atoms. The molecule has 4 rings (SSSR count). The number of hydrogen-bond donors (Lipinski definition) is 1. The van der Waals surface area contributed by atoms with Crippen molar-refractivity contribution in [1.82, 2.24) is 20.0 Å². The maximum atomic E-state index is 12.6. The lowest BCUT2D eigenvalue weighted by Gasteiger charge is -2.25. The minimum atomic E-state index is -0.561. The van der Waals surface area contributed by atoms with E-state index in [9.17, 15) is 9.59 Å². The number of rotatable bonds is 4. The van der Waals surface area contributed by atoms with E-state index in [2.05, 4.69) is 10.4 Å². The quantitative estimate of drug-likeness (QED) is 0.930. The van der Waals surface area contributed by atoms with Crippen molar-refractivity contribution in [3.63, 3.8) is 0 Å². The van der Waals surface area contributed by atoms with Crippen LogP contribution in [-0.2, 0) is 17.9 Å². The van der Waals surface area contributed by atoms with Gasteiger partial charge in [0.15, 0.2) is 0 Å². The van der Waals surface area contributed by atoms with E-state index in [4.69, 9.17) is 0 Å². The van der Waals surface area contributed by atoms with E-state index in [0.717, 1.165) is 12.8 Å². The SMILES string of the molecule is C[C@H](NC(=O)c1cnn(C2CCC2)c1)C(=O)N1Cc2ccccc2C1. The van der Waals surface area contributed by atoms with Crippen LogP contribution in [0, 0.1) is 0 Å². The van der Waals surface area contributed by atoms with Crippen LogP contribution in [0.1, 0.15) is 53.7 Å². The Morgan fingerprint density at radius 2 is 1.88 bits per heavy atom. The van der Waals surface area contributed by atoms with Gasteiger partial charge < -0.3 is 10.2 Å². The van der Waals surface area contributed by atoms with Gasteiger partial charge >= 0.3 is 0 Å². The first kappa shape index (κ1) is 15.9. The number of amides is 2. The Morgan fingerprint density at radius 1 is 1.20 bits per heavy atom. The zero-order chi connectivity index (χ0) is 17.4. The maximum absolute atomic E-state index is 12.6. The lowest BCUT2D eigenvalue weighted by atomic mass is 9.93. The van der Waals surface area contributed by atoms with Crippen LogP contribution in [0.3, 0.4) is 0 Å². The van der Waals surface area contributed by atoms with Crippen LogP contribution in [0.15, 0.2) is 36.7 Å². The Balaban J connectivity index is 1.36. The molecule has 6 nitrogen and oxygen atoms in total. The summed E-state index contributed by atoms with van der Waals surface area (Å²) in [5, 5.41) is 7.08. The van der Waals surface area contributed by atoms with Crippen molar-refractivity contribution in [3.8, 4) is 0 Å². The third-order valence-corrected chi connectivity index (χ3v) is 5.18. The predicted octanol–water partition coefficient (Wildman–Crippen LogP) is 2.27. The molecule has 130 valence electrons. The Labute approximate surface area is 146 Å². The van der Waals surface area contributed by atoms with Crippen LogP contribution < -0.4 is 5.32 Å². The third kappa shape index (κ3) is 3.04. The minimum absolute atomic E-state index is 0.0593. The largest absolute Gasteiger partial charge is 0.340 e. The molecule has 2 aliphatic rings. The number of carbonyl (C=O) groups is 2. The van der Waals surface area contributed by atoms with Gasteiger partial charge in [0.1, 0.15) is 6.04 Å². The van der Waals surface area contributed by atoms with Gasteiger partial charge in [0.25, 0.3) is 5.91 Å². The molecule has 2 aromatic rings. The molecule has 1 fully saturated rings. The number of hydrogen-bond acceptors (Lipinski definition) is 3. The number of nitrogens with zero attached hydrogens (tertiary/aromatic N) is 3. The van der Waals surface area contributed by atoms with E-state index in [1.165, 1.54) is 17.5 Å². The van der Waals surface area contributed by atoms with E-state index in [-0.39, 0.29) is 11.8 Å². The Kier molecular flexibility index (Phi) is 4.03. The average molecular weight is 338 g/mol. The Hall–Kier alpha value is -2.63. The molecule has 1 saturated carbocycles. The van der Waals surface area contributed by atoms with Crippen molar-refractivity contribution in [2.75, 3.05) is 0 Å². The molecule has 0 spiro atoms. The normalized spacial score (nSPS) is 17.7. The monoisotopic (exact) mass is 338 g/mol. The maximum Gasteiger partial charge on any atom is 0.255 e. The summed E-state index contributed by atoms with van der Waals surface area (Å²) >= 11 is 0. The summed E-state index contributed by atoms with van der Waals surface area (Å²) in [5.74, 6) is -0.306. The summed E-state index contributed by atoms with van der Waals surface area (Å²) in [5.41, 5.74) is 2.86. The van der Waals surface area contributed by atoms with Crippen LogP contribution in [0.2, 0.25) is 0 Å². The molecule has 2 heterocycles. The molecule has 1 aromatic heterocycles. The Bertz CT molecular complexity index is 784. The summed E-state index contributed by atoms with van der Waals surface area (Å²) in [7, 11) is 0. The summed E-state index contributed by atoms with van der Waals surface area (Å²) in [4.78, 5) is 26.8. The van der Waals surface area contributed by atoms with Gasteiger partial charge in [-0.25, -0.2) is 0 Å². The fourth-order valence-corrected chi connectivity index (χ4v) is 3.41. The highest BCUT2D eigenvalue weighted by molar-refractivity contribution is 5.97. The summed E-state index contributed by atoms with van der Waals surface area (Å²) in [6, 6.07) is 7.91. The minimum Gasteiger partial charge on any atom is -0.340 e. The van der Waals surface area contributed by atoms with Crippen molar-refractivity contribution in [1.29, 1.82) is 0 Å². The standard InChI is InChI=1S/C19H22N4O2/c1-13(19(25)22-10-14-5-2-3-6-15(14)11-22)21-18(24)16-9-20-23(12-16)17-7-4-8-17/h2-3,5-6,9,12-13,17H,4,7-8,10-11H2,1H3,(H,21,24)/t13-/m0/s1. The van der Waals surface area contributed by atoms with Gasteiger partial charge in [0.2, 0.25) is 5.91 Å². The van der Waals surface area contributed by atoms with Crippen LogP contribution in [0.4, 0.5) is 0 Å². The molecule has 1 N–H and O–H groups in total. The number of benzene rings is 1. The molecule has 1 aliphatic heterocycles. The first-order chi connectivity index (χ1) is 12.1. The molecule has 0 radical (unpaired) electrons. The van der Waals surface area contributed by atoms with E-state index in [0.29, 0.717) is 24.7 Å². The second kappa shape index (κ2) is 6.35. The molecule has 1 aromatic carbocycles. The van der Waals surface area contributed by atoms with Crippen molar-refractivity contribution >= 4 is 11.8 Å². The average Bonchev–Trinajstić information content (AvgIpc) is 3.19. The van der Waals surface area contributed by atoms with E-state index >= 15 is 0 Å².